The fourth-order valence-electron chi connectivity index (χ4n) is 1.81. The summed E-state index contributed by atoms with van der Waals surface area (Å²) in [5, 5.41) is 3.26. The van der Waals surface area contributed by atoms with E-state index in [1.165, 1.54) is 12.7 Å². The van der Waals surface area contributed by atoms with Gasteiger partial charge in [-0.15, -0.1) is 0 Å². The number of ether oxygens (including phenoxy) is 1. The zero-order valence-corrected chi connectivity index (χ0v) is 10.8. The maximum atomic E-state index is 11.5. The summed E-state index contributed by atoms with van der Waals surface area (Å²) < 4.78 is 4.77. The molecule has 0 aliphatic carbocycles. The fourth-order valence-corrected chi connectivity index (χ4v) is 1.81. The van der Waals surface area contributed by atoms with E-state index in [1.54, 1.807) is 0 Å². The van der Waals surface area contributed by atoms with Gasteiger partial charge in [0.05, 0.1) is 7.11 Å². The molecule has 0 saturated carbocycles. The number of methoxy groups -OCH3 is 1. The zero-order valence-electron chi connectivity index (χ0n) is 10.8. The van der Waals surface area contributed by atoms with Crippen LogP contribution in [0.1, 0.15) is 32.3 Å². The monoisotopic (exact) mass is 235 g/mol. The smallest absolute Gasteiger partial charge is 0.328 e. The summed E-state index contributed by atoms with van der Waals surface area (Å²) in [6.07, 6.45) is 2.82. The Hall–Kier alpha value is -1.51. The number of carbonyl (C=O) groups excluding carboxylic acids is 1. The van der Waals surface area contributed by atoms with Gasteiger partial charge >= 0.3 is 5.97 Å². The van der Waals surface area contributed by atoms with Crippen LogP contribution in [0, 0.1) is 0 Å². The number of hydrogen-bond acceptors (Lipinski definition) is 3. The Balaban J connectivity index is 2.81. The SMILES string of the molecule is CCCc1ccccc1NC(CC)C(=O)OC. The molecule has 0 bridgehead atoms. The van der Waals surface area contributed by atoms with Gasteiger partial charge in [-0.05, 0) is 24.5 Å². The van der Waals surface area contributed by atoms with E-state index in [4.69, 9.17) is 4.74 Å². The highest BCUT2D eigenvalue weighted by molar-refractivity contribution is 5.79. The molecule has 1 unspecified atom stereocenters. The lowest BCUT2D eigenvalue weighted by atomic mass is 10.1. The van der Waals surface area contributed by atoms with Crippen molar-refractivity contribution >= 4 is 11.7 Å². The molecule has 1 rings (SSSR count). The average Bonchev–Trinajstić information content (AvgIpc) is 2.37. The van der Waals surface area contributed by atoms with Crippen LogP contribution in [-0.2, 0) is 16.0 Å². The molecule has 0 aliphatic rings. The molecule has 0 fully saturated rings. The lowest BCUT2D eigenvalue weighted by molar-refractivity contribution is -0.141. The second kappa shape index (κ2) is 6.94. The normalized spacial score (nSPS) is 11.9. The number of esters is 1. The number of anilines is 1. The molecule has 1 N–H and O–H groups in total. The van der Waals surface area contributed by atoms with Gasteiger partial charge in [0.25, 0.3) is 0 Å². The largest absolute Gasteiger partial charge is 0.467 e. The standard InChI is InChI=1S/C14H21NO2/c1-4-8-11-9-6-7-10-13(11)15-12(5-2)14(16)17-3/h6-7,9-10,12,15H,4-5,8H2,1-3H3. The minimum atomic E-state index is -0.266. The fraction of sp³-hybridized carbons (Fsp3) is 0.500. The van der Waals surface area contributed by atoms with E-state index in [9.17, 15) is 4.79 Å². The minimum absolute atomic E-state index is 0.209. The molecule has 1 aromatic rings. The first-order valence-corrected chi connectivity index (χ1v) is 6.15. The van der Waals surface area contributed by atoms with Gasteiger partial charge in [0.15, 0.2) is 0 Å². The third kappa shape index (κ3) is 3.77. The third-order valence-electron chi connectivity index (χ3n) is 2.76. The van der Waals surface area contributed by atoms with Crippen LogP contribution in [0.25, 0.3) is 0 Å². The van der Waals surface area contributed by atoms with Crippen LogP contribution in [0.15, 0.2) is 24.3 Å². The summed E-state index contributed by atoms with van der Waals surface area (Å²) in [6, 6.07) is 7.84. The second-order valence-corrected chi connectivity index (χ2v) is 4.04. The number of para-hydroxylation sites is 1. The summed E-state index contributed by atoms with van der Waals surface area (Å²) in [7, 11) is 1.42. The van der Waals surface area contributed by atoms with Crippen LogP contribution < -0.4 is 5.32 Å². The van der Waals surface area contributed by atoms with Crippen LogP contribution in [0.5, 0.6) is 0 Å². The van der Waals surface area contributed by atoms with E-state index in [1.807, 2.05) is 25.1 Å². The second-order valence-electron chi connectivity index (χ2n) is 4.04. The molecule has 0 amide bonds. The number of aryl methyl sites for hydroxylation is 1. The van der Waals surface area contributed by atoms with Crippen LogP contribution in [0.2, 0.25) is 0 Å². The Labute approximate surface area is 103 Å². The lowest BCUT2D eigenvalue weighted by Gasteiger charge is -2.18. The predicted molar refractivity (Wildman–Crippen MR) is 70.2 cm³/mol. The van der Waals surface area contributed by atoms with E-state index in [-0.39, 0.29) is 12.0 Å². The lowest BCUT2D eigenvalue weighted by Crippen LogP contribution is -2.30. The average molecular weight is 235 g/mol. The van der Waals surface area contributed by atoms with Crippen molar-refractivity contribution in [1.29, 1.82) is 0 Å². The highest BCUT2D eigenvalue weighted by Crippen LogP contribution is 2.18. The first-order chi connectivity index (χ1) is 8.22. The van der Waals surface area contributed by atoms with Gasteiger partial charge in [-0.3, -0.25) is 0 Å². The minimum Gasteiger partial charge on any atom is -0.467 e. The maximum Gasteiger partial charge on any atom is 0.328 e. The predicted octanol–water partition coefficient (Wildman–Crippen LogP) is 3.00. The van der Waals surface area contributed by atoms with Crippen LogP contribution in [-0.4, -0.2) is 19.1 Å². The van der Waals surface area contributed by atoms with Gasteiger partial charge in [-0.2, -0.15) is 0 Å². The molecule has 17 heavy (non-hydrogen) atoms. The Morgan fingerprint density at radius 1 is 1.35 bits per heavy atom. The van der Waals surface area contributed by atoms with Crippen molar-refractivity contribution in [3.05, 3.63) is 29.8 Å². The zero-order chi connectivity index (χ0) is 12.7. The molecule has 0 heterocycles. The molecule has 3 heteroatoms. The molecular formula is C14H21NO2. The molecule has 1 atom stereocenters. The summed E-state index contributed by atoms with van der Waals surface area (Å²) >= 11 is 0. The quantitative estimate of drug-likeness (QED) is 0.770. The van der Waals surface area contributed by atoms with Gasteiger partial charge in [0.2, 0.25) is 0 Å². The van der Waals surface area contributed by atoms with E-state index in [0.717, 1.165) is 18.5 Å². The number of rotatable bonds is 6. The molecule has 0 spiro atoms. The number of benzene rings is 1. The van der Waals surface area contributed by atoms with Gasteiger partial charge in [0.1, 0.15) is 6.04 Å². The topological polar surface area (TPSA) is 38.3 Å². The van der Waals surface area contributed by atoms with Gasteiger partial charge in [0, 0.05) is 5.69 Å². The first-order valence-electron chi connectivity index (χ1n) is 6.15. The molecule has 0 saturated heterocycles. The summed E-state index contributed by atoms with van der Waals surface area (Å²) in [6.45, 7) is 4.12. The molecule has 3 nitrogen and oxygen atoms in total. The van der Waals surface area contributed by atoms with Gasteiger partial charge in [-0.25, -0.2) is 4.79 Å². The van der Waals surface area contributed by atoms with Crippen molar-refractivity contribution in [3.8, 4) is 0 Å². The molecule has 94 valence electrons. The third-order valence-corrected chi connectivity index (χ3v) is 2.76. The van der Waals surface area contributed by atoms with E-state index in [0.29, 0.717) is 6.42 Å². The summed E-state index contributed by atoms with van der Waals surface area (Å²) in [5.41, 5.74) is 2.28. The van der Waals surface area contributed by atoms with Crippen LogP contribution >= 0.6 is 0 Å². The first kappa shape index (κ1) is 13.6. The Morgan fingerprint density at radius 3 is 2.65 bits per heavy atom. The number of hydrogen-bond donors (Lipinski definition) is 1. The molecule has 0 aromatic heterocycles. The summed E-state index contributed by atoms with van der Waals surface area (Å²) in [4.78, 5) is 11.5. The van der Waals surface area contributed by atoms with Crippen molar-refractivity contribution in [3.63, 3.8) is 0 Å². The Kier molecular flexibility index (Phi) is 5.53. The van der Waals surface area contributed by atoms with E-state index >= 15 is 0 Å². The molecule has 1 aromatic carbocycles. The summed E-state index contributed by atoms with van der Waals surface area (Å²) in [5.74, 6) is -0.209. The van der Waals surface area contributed by atoms with E-state index < -0.39 is 0 Å². The van der Waals surface area contributed by atoms with E-state index in [2.05, 4.69) is 18.3 Å². The van der Waals surface area contributed by atoms with Crippen molar-refractivity contribution in [2.24, 2.45) is 0 Å². The maximum absolute atomic E-state index is 11.5. The van der Waals surface area contributed by atoms with Gasteiger partial charge < -0.3 is 10.1 Å². The highest BCUT2D eigenvalue weighted by atomic mass is 16.5. The van der Waals surface area contributed by atoms with Crippen molar-refractivity contribution in [1.82, 2.24) is 0 Å². The van der Waals surface area contributed by atoms with Crippen molar-refractivity contribution in [2.45, 2.75) is 39.2 Å². The molecular weight excluding hydrogens is 214 g/mol. The Morgan fingerprint density at radius 2 is 2.06 bits per heavy atom. The van der Waals surface area contributed by atoms with Crippen molar-refractivity contribution in [2.75, 3.05) is 12.4 Å². The van der Waals surface area contributed by atoms with Crippen LogP contribution in [0.4, 0.5) is 5.69 Å². The van der Waals surface area contributed by atoms with Crippen LogP contribution in [0.3, 0.4) is 0 Å². The Bertz CT molecular complexity index is 363. The molecule has 0 radical (unpaired) electrons. The van der Waals surface area contributed by atoms with Crippen molar-refractivity contribution < 1.29 is 9.53 Å². The molecule has 0 aliphatic heterocycles. The number of carbonyl (C=O) groups is 1. The highest BCUT2D eigenvalue weighted by Gasteiger charge is 2.17. The number of nitrogens with one attached hydrogen (secondary N) is 1. The van der Waals surface area contributed by atoms with Gasteiger partial charge in [-0.1, -0.05) is 38.5 Å².